The number of nitrogens with zero attached hydrogens (tertiary/aromatic N) is 3. The van der Waals surface area contributed by atoms with Gasteiger partial charge in [-0.15, -0.1) is 0 Å². The molecule has 1 saturated carbocycles. The average Bonchev–Trinajstić information content (AvgIpc) is 3.71. The van der Waals surface area contributed by atoms with E-state index in [0.29, 0.717) is 16.8 Å². The van der Waals surface area contributed by atoms with E-state index in [9.17, 15) is 4.79 Å². The van der Waals surface area contributed by atoms with Crippen LogP contribution in [0.4, 0.5) is 5.69 Å². The smallest absolute Gasteiger partial charge is 0.337 e. The second-order valence-corrected chi connectivity index (χ2v) is 11.1. The zero-order chi connectivity index (χ0) is 28.5. The van der Waals surface area contributed by atoms with Crippen molar-refractivity contribution < 1.29 is 14.3 Å². The van der Waals surface area contributed by atoms with E-state index in [4.69, 9.17) is 26.7 Å². The summed E-state index contributed by atoms with van der Waals surface area (Å²) >= 11 is 5.96. The molecule has 2 fully saturated rings. The molecule has 8 heteroatoms. The Labute approximate surface area is 246 Å². The number of carbonyl (C=O) groups excluding carboxylic acids is 1. The normalized spacial score (nSPS) is 18.9. The van der Waals surface area contributed by atoms with Gasteiger partial charge in [0.25, 0.3) is 0 Å². The quantitative estimate of drug-likeness (QED) is 0.195. The number of rotatable bonds is 7. The number of hydrogen-bond acceptors (Lipinski definition) is 5. The highest BCUT2D eigenvalue weighted by Gasteiger charge is 2.42. The van der Waals surface area contributed by atoms with E-state index >= 15 is 0 Å². The van der Waals surface area contributed by atoms with E-state index in [1.807, 2.05) is 48.7 Å². The van der Waals surface area contributed by atoms with Crippen LogP contribution in [-0.2, 0) is 4.74 Å². The molecule has 0 radical (unpaired) electrons. The molecular formula is C33H34N4O3S. The standard InChI is InChI=1S/C33H34N4O3S/c1-21-20-28(22(2)36(21)24-13-11-23(12-14-24)32(38)39-3)31-30(29-10-6-7-19-34-29)35-33(41)37(31)25-15-17-27(18-16-25)40-26-8-4-5-9-26/h6-7,10-20,26,30-31H,4-5,8-9H2,1-3H3,(H,35,41). The van der Waals surface area contributed by atoms with Gasteiger partial charge in [0, 0.05) is 29.0 Å². The minimum atomic E-state index is -0.350. The summed E-state index contributed by atoms with van der Waals surface area (Å²) in [6.07, 6.45) is 6.85. The van der Waals surface area contributed by atoms with E-state index in [1.54, 1.807) is 12.1 Å². The van der Waals surface area contributed by atoms with Gasteiger partial charge in [0.2, 0.25) is 0 Å². The highest BCUT2D eigenvalue weighted by molar-refractivity contribution is 7.80. The molecule has 41 heavy (non-hydrogen) atoms. The molecule has 2 aromatic heterocycles. The first-order chi connectivity index (χ1) is 19.9. The number of thiocarbonyl (C=S) groups is 1. The molecule has 0 spiro atoms. The van der Waals surface area contributed by atoms with Crippen molar-refractivity contribution in [1.29, 1.82) is 0 Å². The molecule has 1 aliphatic heterocycles. The van der Waals surface area contributed by atoms with Crippen molar-refractivity contribution in [1.82, 2.24) is 14.9 Å². The Morgan fingerprint density at radius 3 is 2.34 bits per heavy atom. The predicted octanol–water partition coefficient (Wildman–Crippen LogP) is 6.77. The van der Waals surface area contributed by atoms with Crippen LogP contribution in [-0.4, -0.2) is 33.8 Å². The highest BCUT2D eigenvalue weighted by atomic mass is 32.1. The summed E-state index contributed by atoms with van der Waals surface area (Å²) in [7, 11) is 1.39. The molecule has 2 aliphatic rings. The van der Waals surface area contributed by atoms with E-state index < -0.39 is 0 Å². The van der Waals surface area contributed by atoms with Crippen LogP contribution in [0.3, 0.4) is 0 Å². The van der Waals surface area contributed by atoms with Crippen molar-refractivity contribution in [3.8, 4) is 11.4 Å². The van der Waals surface area contributed by atoms with Crippen molar-refractivity contribution in [2.45, 2.75) is 57.7 Å². The van der Waals surface area contributed by atoms with Crippen LogP contribution in [0.2, 0.25) is 0 Å². The molecule has 1 aliphatic carbocycles. The zero-order valence-electron chi connectivity index (χ0n) is 23.5. The SMILES string of the molecule is COC(=O)c1ccc(-n2c(C)cc(C3C(c4ccccn4)NC(=S)N3c3ccc(OC4CCCC4)cc3)c2C)cc1. The van der Waals surface area contributed by atoms with Crippen LogP contribution in [0.1, 0.15) is 70.8 Å². The van der Waals surface area contributed by atoms with E-state index in [2.05, 4.69) is 46.8 Å². The summed E-state index contributed by atoms with van der Waals surface area (Å²) in [5, 5.41) is 4.22. The Balaban J connectivity index is 1.39. The number of nitrogens with one attached hydrogen (secondary N) is 1. The Morgan fingerprint density at radius 1 is 0.976 bits per heavy atom. The van der Waals surface area contributed by atoms with E-state index in [1.165, 1.54) is 20.0 Å². The lowest BCUT2D eigenvalue weighted by atomic mass is 9.96. The van der Waals surface area contributed by atoms with Crippen molar-refractivity contribution in [2.75, 3.05) is 12.0 Å². The molecule has 7 nitrogen and oxygen atoms in total. The fourth-order valence-corrected chi connectivity index (χ4v) is 6.53. The molecule has 1 saturated heterocycles. The Kier molecular flexibility index (Phi) is 7.49. The number of benzene rings is 2. The number of pyridine rings is 1. The summed E-state index contributed by atoms with van der Waals surface area (Å²) in [5.41, 5.74) is 6.74. The van der Waals surface area contributed by atoms with Gasteiger partial charge >= 0.3 is 5.97 Å². The molecule has 2 aromatic carbocycles. The third kappa shape index (κ3) is 5.20. The maximum absolute atomic E-state index is 12.0. The lowest BCUT2D eigenvalue weighted by molar-refractivity contribution is 0.0600. The molecule has 3 heterocycles. The maximum atomic E-state index is 12.0. The lowest BCUT2D eigenvalue weighted by Gasteiger charge is -2.28. The van der Waals surface area contributed by atoms with Crippen molar-refractivity contribution in [2.24, 2.45) is 0 Å². The lowest BCUT2D eigenvalue weighted by Crippen LogP contribution is -2.29. The molecule has 0 bridgehead atoms. The Morgan fingerprint density at radius 2 is 1.68 bits per heavy atom. The van der Waals surface area contributed by atoms with Gasteiger partial charge in [0.05, 0.1) is 36.6 Å². The molecule has 2 atom stereocenters. The number of aromatic nitrogens is 2. The van der Waals surface area contributed by atoms with Crippen molar-refractivity contribution in [3.63, 3.8) is 0 Å². The van der Waals surface area contributed by atoms with Gasteiger partial charge in [0.15, 0.2) is 5.11 Å². The number of methoxy groups -OCH3 is 1. The van der Waals surface area contributed by atoms with Crippen LogP contribution < -0.4 is 15.0 Å². The van der Waals surface area contributed by atoms with E-state index in [-0.39, 0.29) is 18.1 Å². The minimum absolute atomic E-state index is 0.131. The van der Waals surface area contributed by atoms with Crippen molar-refractivity contribution in [3.05, 3.63) is 107 Å². The van der Waals surface area contributed by atoms with Gasteiger partial charge in [-0.3, -0.25) is 4.98 Å². The van der Waals surface area contributed by atoms with Gasteiger partial charge in [-0.1, -0.05) is 6.07 Å². The first kappa shape index (κ1) is 27.0. The van der Waals surface area contributed by atoms with Gasteiger partial charge in [-0.25, -0.2) is 4.79 Å². The number of ether oxygens (including phenoxy) is 2. The number of carbonyl (C=O) groups is 1. The number of hydrogen-bond donors (Lipinski definition) is 1. The second kappa shape index (κ2) is 11.4. The average molecular weight is 567 g/mol. The van der Waals surface area contributed by atoms with Crippen molar-refractivity contribution >= 4 is 29.0 Å². The zero-order valence-corrected chi connectivity index (χ0v) is 24.4. The van der Waals surface area contributed by atoms with Crippen LogP contribution >= 0.6 is 12.2 Å². The Bertz CT molecular complexity index is 1540. The van der Waals surface area contributed by atoms with Gasteiger partial charge in [-0.05, 0) is 124 Å². The largest absolute Gasteiger partial charge is 0.490 e. The summed E-state index contributed by atoms with van der Waals surface area (Å²) in [6, 6.07) is 23.7. The fourth-order valence-electron chi connectivity index (χ4n) is 6.18. The summed E-state index contributed by atoms with van der Waals surface area (Å²) in [5.74, 6) is 0.544. The van der Waals surface area contributed by atoms with Gasteiger partial charge < -0.3 is 24.3 Å². The molecule has 210 valence electrons. The third-order valence-corrected chi connectivity index (χ3v) is 8.47. The molecule has 2 unspecified atom stereocenters. The van der Waals surface area contributed by atoms with Crippen LogP contribution in [0.5, 0.6) is 5.75 Å². The number of anilines is 1. The Hall–Kier alpha value is -4.17. The first-order valence-corrected chi connectivity index (χ1v) is 14.5. The third-order valence-electron chi connectivity index (χ3n) is 8.15. The van der Waals surface area contributed by atoms with Gasteiger partial charge in [0.1, 0.15) is 5.75 Å². The summed E-state index contributed by atoms with van der Waals surface area (Å²) in [6.45, 7) is 4.23. The van der Waals surface area contributed by atoms with Crippen LogP contribution in [0.25, 0.3) is 5.69 Å². The molecule has 4 aromatic rings. The molecule has 1 N–H and O–H groups in total. The minimum Gasteiger partial charge on any atom is -0.490 e. The second-order valence-electron chi connectivity index (χ2n) is 10.7. The fraction of sp³-hybridized carbons (Fsp3) is 0.303. The van der Waals surface area contributed by atoms with Gasteiger partial charge in [-0.2, -0.15) is 0 Å². The molecule has 6 rings (SSSR count). The summed E-state index contributed by atoms with van der Waals surface area (Å²) < 4.78 is 13.3. The summed E-state index contributed by atoms with van der Waals surface area (Å²) in [4.78, 5) is 18.9. The van der Waals surface area contributed by atoms with Crippen LogP contribution in [0, 0.1) is 13.8 Å². The maximum Gasteiger partial charge on any atom is 0.337 e. The number of esters is 1. The molecule has 0 amide bonds. The predicted molar refractivity (Wildman–Crippen MR) is 164 cm³/mol. The number of aryl methyl sites for hydroxylation is 1. The van der Waals surface area contributed by atoms with Crippen LogP contribution in [0.15, 0.2) is 79.0 Å². The monoisotopic (exact) mass is 566 g/mol. The van der Waals surface area contributed by atoms with E-state index in [0.717, 1.165) is 52.6 Å². The highest BCUT2D eigenvalue weighted by Crippen LogP contribution is 2.44. The molecular weight excluding hydrogens is 532 g/mol. The first-order valence-electron chi connectivity index (χ1n) is 14.1. The topological polar surface area (TPSA) is 68.6 Å².